The maximum absolute atomic E-state index is 0. The van der Waals surface area contributed by atoms with Gasteiger partial charge in [-0.25, -0.2) is 0 Å². The zero-order chi connectivity index (χ0) is 0. The molecule has 0 saturated carbocycles. The summed E-state index contributed by atoms with van der Waals surface area (Å²) in [5, 5.41) is 0. The minimum absolute atomic E-state index is 0. The maximum atomic E-state index is 0. The average Bonchev–Trinajstić information content (AvgIpc) is 0. The van der Waals surface area contributed by atoms with Gasteiger partial charge in [0.2, 0.25) is 0 Å². The summed E-state index contributed by atoms with van der Waals surface area (Å²) in [5.41, 5.74) is 0. The summed E-state index contributed by atoms with van der Waals surface area (Å²) in [6.07, 6.45) is 0. The van der Waals surface area contributed by atoms with Gasteiger partial charge < -0.3 is 0 Å². The molecule has 0 bridgehead atoms. The molecule has 0 rings (SSSR count). The summed E-state index contributed by atoms with van der Waals surface area (Å²) in [4.78, 5) is 0. The molecule has 0 aliphatic carbocycles. The van der Waals surface area contributed by atoms with Gasteiger partial charge in [-0.15, -0.1) is 0 Å². The third-order valence-corrected chi connectivity index (χ3v) is 0. The Morgan fingerprint density at radius 3 is 1.00 bits per heavy atom. The van der Waals surface area contributed by atoms with Crippen LogP contribution in [0.5, 0.6) is 0 Å². The van der Waals surface area contributed by atoms with Crippen LogP contribution in [0.25, 0.3) is 0 Å². The van der Waals surface area contributed by atoms with Crippen LogP contribution in [0.1, 0.15) is 0 Å². The second kappa shape index (κ2) is 15.6. The Morgan fingerprint density at radius 1 is 1.00 bits per heavy atom. The Balaban J connectivity index is 0. The zero-order valence-electron chi connectivity index (χ0n) is 1.71. The van der Waals surface area contributed by atoms with Gasteiger partial charge in [-0.05, 0) is 0 Å². The van der Waals surface area contributed by atoms with E-state index in [0.29, 0.717) is 0 Å². The van der Waals surface area contributed by atoms with Gasteiger partial charge in [0.05, 0.1) is 0 Å². The van der Waals surface area contributed by atoms with Crippen molar-refractivity contribution in [3.05, 3.63) is 0 Å². The molecule has 0 aromatic rings. The first-order valence-corrected chi connectivity index (χ1v) is 0. The van der Waals surface area contributed by atoms with Gasteiger partial charge in [0.15, 0.2) is 0 Å². The van der Waals surface area contributed by atoms with Crippen LogP contribution in [-0.2, 0) is 27.3 Å². The summed E-state index contributed by atoms with van der Waals surface area (Å²) < 4.78 is 0. The molecule has 0 amide bonds. The third kappa shape index (κ3) is 9.72. The van der Waals surface area contributed by atoms with Crippen LogP contribution < -0.4 is 0 Å². The molecular formula is H3CdCeInNd. The van der Waals surface area contributed by atoms with Crippen LogP contribution in [0.15, 0.2) is 0 Å². The fraction of sp³-hybridized carbons (Fsp3) is 0. The predicted molar refractivity (Wildman–Crippen MR) is 9.94 cm³/mol. The van der Waals surface area contributed by atoms with E-state index in [4.69, 9.17) is 0 Å². The molecule has 0 heterocycles. The molecule has 0 aromatic heterocycles. The number of rotatable bonds is 0. The molecule has 0 aliphatic heterocycles. The van der Waals surface area contributed by atoms with Gasteiger partial charge in [0, 0.05) is 110 Å². The van der Waals surface area contributed by atoms with Gasteiger partial charge in [0.25, 0.3) is 0 Å². The zero-order valence-corrected chi connectivity index (χ0v) is 12.1. The van der Waals surface area contributed by atoms with Gasteiger partial charge in [-0.2, -0.15) is 0 Å². The first-order chi connectivity index (χ1) is 0. The molecule has 4 heteroatoms. The van der Waals surface area contributed by atoms with Crippen molar-refractivity contribution in [3.8, 4) is 0 Å². The van der Waals surface area contributed by atoms with E-state index in [1.165, 1.54) is 0 Å². The number of hydrogen-bond donors (Lipinski definition) is 0. The first-order valence-electron chi connectivity index (χ1n) is 0. The van der Waals surface area contributed by atoms with Crippen molar-refractivity contribution in [1.29, 1.82) is 0 Å². The van der Waals surface area contributed by atoms with Crippen molar-refractivity contribution in [2.24, 2.45) is 0 Å². The Labute approximate surface area is 131 Å². The van der Waals surface area contributed by atoms with Crippen LogP contribution in [0.3, 0.4) is 0 Å². The van der Waals surface area contributed by atoms with Crippen molar-refractivity contribution in [2.45, 2.75) is 0 Å². The predicted octanol–water partition coefficient (Wildman–Crippen LogP) is -1.19. The molecule has 0 aromatic carbocycles. The van der Waals surface area contributed by atoms with Gasteiger partial charge >= 0.3 is 25.8 Å². The minimum atomic E-state index is 0. The van der Waals surface area contributed by atoms with E-state index >= 15 is 0 Å². The fourth-order valence-corrected chi connectivity index (χ4v) is 0. The smallest absolute Gasteiger partial charge is 0 e. The fourth-order valence-electron chi connectivity index (χ4n) is 0. The van der Waals surface area contributed by atoms with Crippen molar-refractivity contribution < 1.29 is 110 Å². The van der Waals surface area contributed by atoms with Gasteiger partial charge in [-0.3, -0.25) is 0 Å². The van der Waals surface area contributed by atoms with Crippen molar-refractivity contribution in [1.82, 2.24) is 0 Å². The molecule has 0 spiro atoms. The average molecular weight is 515 g/mol. The van der Waals surface area contributed by atoms with E-state index in [1.54, 1.807) is 0 Å². The first kappa shape index (κ1) is 23.6. The van der Waals surface area contributed by atoms with E-state index in [0.717, 1.165) is 0 Å². The molecule has 0 fully saturated rings. The molecule has 0 aliphatic rings. The van der Waals surface area contributed by atoms with Crippen LogP contribution in [0, 0.1) is 82.6 Å². The third-order valence-electron chi connectivity index (χ3n) is 0. The van der Waals surface area contributed by atoms with E-state index in [-0.39, 0.29) is 136 Å². The maximum Gasteiger partial charge on any atom is 0 e. The molecular weight excluding hydrogens is 512 g/mol. The quantitative estimate of drug-likeness (QED) is 0.357. The van der Waals surface area contributed by atoms with Crippen LogP contribution in [-0.4, -0.2) is 25.8 Å². The SMILES string of the molecule is [Cd].[Ce].[InH3].[Nd]. The topological polar surface area (TPSA) is 0 Å². The molecule has 0 atom stereocenters. The molecule has 0 radical (unpaired) electrons. The normalized spacial score (nSPS) is 0. The molecule has 16 valence electrons. The van der Waals surface area contributed by atoms with Crippen molar-refractivity contribution in [2.75, 3.05) is 0 Å². The largest absolute Gasteiger partial charge is 0 e. The monoisotopic (exact) mass is 514 g/mol. The summed E-state index contributed by atoms with van der Waals surface area (Å²) in [5.74, 6) is 0. The van der Waals surface area contributed by atoms with Crippen molar-refractivity contribution in [3.63, 3.8) is 0 Å². The summed E-state index contributed by atoms with van der Waals surface area (Å²) in [6.45, 7) is 0. The summed E-state index contributed by atoms with van der Waals surface area (Å²) in [6, 6.07) is 0. The standard InChI is InChI=1S/Cd.Ce.In.Nd.3H. The molecule has 0 nitrogen and oxygen atoms in total. The van der Waals surface area contributed by atoms with Gasteiger partial charge in [-0.1, -0.05) is 0 Å². The molecule has 0 unspecified atom stereocenters. The molecule has 0 N–H and O–H groups in total. The van der Waals surface area contributed by atoms with E-state index in [2.05, 4.69) is 0 Å². The minimum Gasteiger partial charge on any atom is 0 e. The van der Waals surface area contributed by atoms with E-state index < -0.39 is 0 Å². The van der Waals surface area contributed by atoms with Crippen LogP contribution in [0.4, 0.5) is 0 Å². The van der Waals surface area contributed by atoms with E-state index in [1.807, 2.05) is 0 Å². The summed E-state index contributed by atoms with van der Waals surface area (Å²) in [7, 11) is 0. The van der Waals surface area contributed by atoms with Crippen LogP contribution in [0.2, 0.25) is 0 Å². The molecule has 4 heavy (non-hydrogen) atoms. The van der Waals surface area contributed by atoms with Crippen LogP contribution >= 0.6 is 0 Å². The Morgan fingerprint density at radius 2 is 1.00 bits per heavy atom. The second-order valence-corrected chi connectivity index (χ2v) is 0. The Kier molecular flexibility index (Phi) is 92.3. The Bertz CT molecular complexity index is 8.00. The van der Waals surface area contributed by atoms with Gasteiger partial charge in [0.1, 0.15) is 0 Å². The molecule has 0 saturated heterocycles. The summed E-state index contributed by atoms with van der Waals surface area (Å²) >= 11 is 0. The van der Waals surface area contributed by atoms with Crippen molar-refractivity contribution >= 4 is 25.8 Å². The Hall–Kier alpha value is 4.52. The van der Waals surface area contributed by atoms with E-state index in [9.17, 15) is 0 Å². The number of hydrogen-bond acceptors (Lipinski definition) is 0. The second-order valence-electron chi connectivity index (χ2n) is 0.